The molecule has 1 aliphatic carbocycles. The Morgan fingerprint density at radius 1 is 1.12 bits per heavy atom. The largest absolute Gasteiger partial charge is 0.377 e. The number of nitrogens with zero attached hydrogens (tertiary/aromatic N) is 2. The van der Waals surface area contributed by atoms with Crippen molar-refractivity contribution >= 4 is 0 Å². The molecule has 1 heterocycles. The summed E-state index contributed by atoms with van der Waals surface area (Å²) < 4.78 is 5.76. The molecule has 0 amide bonds. The number of hydrogen-bond donors (Lipinski definition) is 0. The van der Waals surface area contributed by atoms with Crippen LogP contribution in [0, 0.1) is 11.3 Å². The zero-order valence-corrected chi connectivity index (χ0v) is 10.0. The molecule has 2 aliphatic rings. The molecule has 0 radical (unpaired) electrons. The first-order valence-electron chi connectivity index (χ1n) is 6.63. The van der Waals surface area contributed by atoms with E-state index in [2.05, 4.69) is 11.0 Å². The maximum absolute atomic E-state index is 8.89. The summed E-state index contributed by atoms with van der Waals surface area (Å²) in [6.45, 7) is 2.46. The van der Waals surface area contributed by atoms with Gasteiger partial charge in [-0.3, -0.25) is 4.90 Å². The topological polar surface area (TPSA) is 36.3 Å². The Kier molecular flexibility index (Phi) is 4.62. The Hall–Kier alpha value is -0.590. The minimum Gasteiger partial charge on any atom is -0.377 e. The second-order valence-electron chi connectivity index (χ2n) is 5.01. The van der Waals surface area contributed by atoms with Crippen LogP contribution in [0.25, 0.3) is 0 Å². The third kappa shape index (κ3) is 3.20. The van der Waals surface area contributed by atoms with Crippen LogP contribution in [0.3, 0.4) is 0 Å². The molecule has 1 atom stereocenters. The van der Waals surface area contributed by atoms with E-state index in [1.54, 1.807) is 0 Å². The predicted octanol–water partition coefficient (Wildman–Crippen LogP) is 2.32. The first kappa shape index (κ1) is 11.9. The van der Waals surface area contributed by atoms with E-state index >= 15 is 0 Å². The average Bonchev–Trinajstić information content (AvgIpc) is 2.83. The summed E-state index contributed by atoms with van der Waals surface area (Å²) >= 11 is 0. The van der Waals surface area contributed by atoms with E-state index in [-0.39, 0.29) is 0 Å². The fraction of sp³-hybridized carbons (Fsp3) is 0.923. The van der Waals surface area contributed by atoms with Gasteiger partial charge in [0.1, 0.15) is 0 Å². The van der Waals surface area contributed by atoms with E-state index in [0.29, 0.717) is 18.7 Å². The molecule has 0 N–H and O–H groups in total. The van der Waals surface area contributed by atoms with Gasteiger partial charge in [0, 0.05) is 19.2 Å². The highest BCUT2D eigenvalue weighted by molar-refractivity contribution is 4.86. The molecule has 2 rings (SSSR count). The maximum atomic E-state index is 8.89. The molecule has 1 aliphatic heterocycles. The molecule has 0 aromatic carbocycles. The van der Waals surface area contributed by atoms with Gasteiger partial charge in [0.05, 0.1) is 18.7 Å². The lowest BCUT2D eigenvalue weighted by Crippen LogP contribution is -2.41. The van der Waals surface area contributed by atoms with Gasteiger partial charge in [-0.05, 0) is 32.1 Å². The van der Waals surface area contributed by atoms with E-state index in [1.807, 2.05) is 0 Å². The molecule has 16 heavy (non-hydrogen) atoms. The Balaban J connectivity index is 1.83. The van der Waals surface area contributed by atoms with E-state index in [4.69, 9.17) is 10.00 Å². The van der Waals surface area contributed by atoms with Crippen LogP contribution in [0.5, 0.6) is 0 Å². The van der Waals surface area contributed by atoms with Crippen molar-refractivity contribution in [1.29, 1.82) is 5.26 Å². The third-order valence-corrected chi connectivity index (χ3v) is 3.83. The van der Waals surface area contributed by atoms with Crippen molar-refractivity contribution in [2.24, 2.45) is 0 Å². The number of nitriles is 1. The summed E-state index contributed by atoms with van der Waals surface area (Å²) in [5.74, 6) is 0. The molecule has 3 heteroatoms. The van der Waals surface area contributed by atoms with Crippen LogP contribution in [0.4, 0.5) is 0 Å². The Morgan fingerprint density at radius 3 is 2.50 bits per heavy atom. The van der Waals surface area contributed by atoms with Crippen LogP contribution in [0.2, 0.25) is 0 Å². The molecule has 90 valence electrons. The summed E-state index contributed by atoms with van der Waals surface area (Å²) in [5, 5.41) is 8.89. The molecule has 1 saturated carbocycles. The van der Waals surface area contributed by atoms with E-state index < -0.39 is 0 Å². The monoisotopic (exact) mass is 222 g/mol. The highest BCUT2D eigenvalue weighted by Gasteiger charge is 2.25. The molecule has 0 aromatic heterocycles. The fourth-order valence-electron chi connectivity index (χ4n) is 2.92. The van der Waals surface area contributed by atoms with Gasteiger partial charge < -0.3 is 4.74 Å². The van der Waals surface area contributed by atoms with Gasteiger partial charge in [0.15, 0.2) is 0 Å². The molecule has 1 unspecified atom stereocenters. The Labute approximate surface area is 98.4 Å². The highest BCUT2D eigenvalue weighted by Crippen LogP contribution is 2.24. The predicted molar refractivity (Wildman–Crippen MR) is 63.0 cm³/mol. The van der Waals surface area contributed by atoms with Crippen molar-refractivity contribution in [1.82, 2.24) is 4.90 Å². The zero-order chi connectivity index (χ0) is 11.2. The van der Waals surface area contributed by atoms with Crippen LogP contribution in [-0.4, -0.2) is 36.7 Å². The maximum Gasteiger partial charge on any atom is 0.0869 e. The number of ether oxygens (including phenoxy) is 1. The lowest BCUT2D eigenvalue weighted by Gasteiger charge is -2.32. The minimum absolute atomic E-state index is 0.377. The van der Waals surface area contributed by atoms with E-state index in [0.717, 1.165) is 13.2 Å². The van der Waals surface area contributed by atoms with Crippen LogP contribution < -0.4 is 0 Å². The summed E-state index contributed by atoms with van der Waals surface area (Å²) in [5.41, 5.74) is 0. The SMILES string of the molecule is N#CCN(CC1CCCCO1)C1CCCC1. The van der Waals surface area contributed by atoms with E-state index in [1.165, 1.54) is 44.9 Å². The van der Waals surface area contributed by atoms with Gasteiger partial charge in [0.2, 0.25) is 0 Å². The van der Waals surface area contributed by atoms with Gasteiger partial charge in [-0.15, -0.1) is 0 Å². The van der Waals surface area contributed by atoms with Crippen LogP contribution in [-0.2, 0) is 4.74 Å². The van der Waals surface area contributed by atoms with Gasteiger partial charge in [-0.25, -0.2) is 0 Å². The molecule has 0 spiro atoms. The highest BCUT2D eigenvalue weighted by atomic mass is 16.5. The van der Waals surface area contributed by atoms with Crippen molar-refractivity contribution in [2.75, 3.05) is 19.7 Å². The molecule has 3 nitrogen and oxygen atoms in total. The van der Waals surface area contributed by atoms with Crippen molar-refractivity contribution in [3.8, 4) is 6.07 Å². The van der Waals surface area contributed by atoms with Gasteiger partial charge in [0.25, 0.3) is 0 Å². The van der Waals surface area contributed by atoms with Gasteiger partial charge >= 0.3 is 0 Å². The number of rotatable bonds is 4. The van der Waals surface area contributed by atoms with E-state index in [9.17, 15) is 0 Å². The van der Waals surface area contributed by atoms with Gasteiger partial charge in [-0.1, -0.05) is 12.8 Å². The third-order valence-electron chi connectivity index (χ3n) is 3.83. The fourth-order valence-corrected chi connectivity index (χ4v) is 2.92. The molecule has 1 saturated heterocycles. The van der Waals surface area contributed by atoms with Crippen molar-refractivity contribution < 1.29 is 4.74 Å². The minimum atomic E-state index is 0.377. The number of hydrogen-bond acceptors (Lipinski definition) is 3. The summed E-state index contributed by atoms with van der Waals surface area (Å²) in [6, 6.07) is 2.95. The standard InChI is InChI=1S/C13H22N2O/c14-8-9-15(12-5-1-2-6-12)11-13-7-3-4-10-16-13/h12-13H,1-7,9-11H2. The normalized spacial score (nSPS) is 27.1. The summed E-state index contributed by atoms with van der Waals surface area (Å²) in [6.07, 6.45) is 9.25. The second-order valence-corrected chi connectivity index (χ2v) is 5.01. The molecular formula is C13H22N2O. The van der Waals surface area contributed by atoms with Gasteiger partial charge in [-0.2, -0.15) is 5.26 Å². The van der Waals surface area contributed by atoms with Crippen LogP contribution >= 0.6 is 0 Å². The lowest BCUT2D eigenvalue weighted by molar-refractivity contribution is -0.0105. The zero-order valence-electron chi connectivity index (χ0n) is 10.0. The molecule has 2 fully saturated rings. The summed E-state index contributed by atoms with van der Waals surface area (Å²) in [4.78, 5) is 2.35. The van der Waals surface area contributed by atoms with Crippen LogP contribution in [0.15, 0.2) is 0 Å². The molecule has 0 bridgehead atoms. The van der Waals surface area contributed by atoms with Crippen molar-refractivity contribution in [3.63, 3.8) is 0 Å². The Morgan fingerprint density at radius 2 is 1.88 bits per heavy atom. The molecule has 0 aromatic rings. The first-order valence-corrected chi connectivity index (χ1v) is 6.63. The summed E-state index contributed by atoms with van der Waals surface area (Å²) in [7, 11) is 0. The second kappa shape index (κ2) is 6.22. The van der Waals surface area contributed by atoms with Crippen LogP contribution in [0.1, 0.15) is 44.9 Å². The smallest absolute Gasteiger partial charge is 0.0869 e. The Bertz CT molecular complexity index is 237. The quantitative estimate of drug-likeness (QED) is 0.685. The van der Waals surface area contributed by atoms with Crippen molar-refractivity contribution in [2.45, 2.75) is 57.1 Å². The average molecular weight is 222 g/mol. The lowest BCUT2D eigenvalue weighted by atomic mass is 10.1. The molecular weight excluding hydrogens is 200 g/mol. The first-order chi connectivity index (χ1) is 7.90. The van der Waals surface area contributed by atoms with Crippen molar-refractivity contribution in [3.05, 3.63) is 0 Å².